The van der Waals surface area contributed by atoms with Crippen molar-refractivity contribution in [2.24, 2.45) is 12.0 Å². The van der Waals surface area contributed by atoms with E-state index < -0.39 is 0 Å². The molecule has 0 atom stereocenters. The number of aliphatic imine (C=N–C) groups is 1. The standard InChI is InChI=1S/C21H31N5/c1-6-22-20(23-13-18-16(3)25-26(5)17(18)4)24-14-21(11-12-21)19-10-8-7-9-15(19)2/h7-10H,6,11-14H2,1-5H3,(H2,22,23,24). The zero-order valence-corrected chi connectivity index (χ0v) is 16.7. The van der Waals surface area contributed by atoms with Gasteiger partial charge in [0.05, 0.1) is 12.2 Å². The fourth-order valence-corrected chi connectivity index (χ4v) is 3.66. The van der Waals surface area contributed by atoms with Crippen molar-refractivity contribution in [3.8, 4) is 0 Å². The Balaban J connectivity index is 1.70. The third-order valence-electron chi connectivity index (χ3n) is 5.56. The summed E-state index contributed by atoms with van der Waals surface area (Å²) in [7, 11) is 1.98. The van der Waals surface area contributed by atoms with Crippen LogP contribution in [0.25, 0.3) is 0 Å². The third kappa shape index (κ3) is 3.76. The first-order valence-electron chi connectivity index (χ1n) is 9.54. The number of hydrogen-bond donors (Lipinski definition) is 2. The minimum atomic E-state index is 0.266. The first-order chi connectivity index (χ1) is 12.5. The van der Waals surface area contributed by atoms with Crippen LogP contribution in [-0.4, -0.2) is 28.8 Å². The lowest BCUT2D eigenvalue weighted by Gasteiger charge is -2.20. The van der Waals surface area contributed by atoms with Gasteiger partial charge >= 0.3 is 0 Å². The van der Waals surface area contributed by atoms with Gasteiger partial charge in [-0.05, 0) is 51.7 Å². The van der Waals surface area contributed by atoms with Crippen LogP contribution in [0.5, 0.6) is 0 Å². The van der Waals surface area contributed by atoms with Gasteiger partial charge in [-0.1, -0.05) is 24.3 Å². The van der Waals surface area contributed by atoms with Crippen LogP contribution in [0.3, 0.4) is 0 Å². The molecule has 3 rings (SSSR count). The fourth-order valence-electron chi connectivity index (χ4n) is 3.66. The summed E-state index contributed by atoms with van der Waals surface area (Å²) >= 11 is 0. The van der Waals surface area contributed by atoms with Gasteiger partial charge in [0.2, 0.25) is 0 Å². The highest BCUT2D eigenvalue weighted by Crippen LogP contribution is 2.48. The average Bonchev–Trinajstić information content (AvgIpc) is 3.35. The van der Waals surface area contributed by atoms with Gasteiger partial charge in [0.15, 0.2) is 5.96 Å². The maximum Gasteiger partial charge on any atom is 0.191 e. The number of nitrogens with one attached hydrogen (secondary N) is 2. The first-order valence-corrected chi connectivity index (χ1v) is 9.54. The summed E-state index contributed by atoms with van der Waals surface area (Å²) in [6.07, 6.45) is 2.48. The van der Waals surface area contributed by atoms with Crippen molar-refractivity contribution in [3.05, 3.63) is 52.3 Å². The molecule has 5 heteroatoms. The Hall–Kier alpha value is -2.30. The molecule has 1 fully saturated rings. The number of aromatic nitrogens is 2. The monoisotopic (exact) mass is 353 g/mol. The molecule has 0 amide bonds. The minimum Gasteiger partial charge on any atom is -0.357 e. The summed E-state index contributed by atoms with van der Waals surface area (Å²) in [4.78, 5) is 4.81. The van der Waals surface area contributed by atoms with Crippen LogP contribution in [0.1, 0.15) is 47.8 Å². The van der Waals surface area contributed by atoms with E-state index in [9.17, 15) is 0 Å². The molecular formula is C21H31N5. The Kier molecular flexibility index (Phi) is 5.35. The van der Waals surface area contributed by atoms with Gasteiger partial charge in [0, 0.05) is 36.8 Å². The number of hydrogen-bond acceptors (Lipinski definition) is 2. The summed E-state index contributed by atoms with van der Waals surface area (Å²) < 4.78 is 1.93. The molecule has 2 aromatic rings. The molecular weight excluding hydrogens is 322 g/mol. The molecule has 0 bridgehead atoms. The van der Waals surface area contributed by atoms with E-state index in [-0.39, 0.29) is 5.41 Å². The number of aryl methyl sites for hydroxylation is 3. The molecule has 0 aliphatic heterocycles. The summed E-state index contributed by atoms with van der Waals surface area (Å²) in [6, 6.07) is 8.75. The Bertz CT molecular complexity index is 799. The van der Waals surface area contributed by atoms with E-state index in [0.717, 1.165) is 24.7 Å². The third-order valence-corrected chi connectivity index (χ3v) is 5.56. The SMILES string of the molecule is CCNC(=NCc1c(C)nn(C)c1C)NCC1(c2ccccc2C)CC1. The van der Waals surface area contributed by atoms with E-state index in [4.69, 9.17) is 4.99 Å². The summed E-state index contributed by atoms with van der Waals surface area (Å²) in [5, 5.41) is 11.4. The molecule has 5 nitrogen and oxygen atoms in total. The predicted molar refractivity (Wildman–Crippen MR) is 108 cm³/mol. The van der Waals surface area contributed by atoms with Crippen molar-refractivity contribution in [1.82, 2.24) is 20.4 Å². The molecule has 140 valence electrons. The largest absolute Gasteiger partial charge is 0.357 e. The fraction of sp³-hybridized carbons (Fsp3) is 0.524. The van der Waals surface area contributed by atoms with E-state index in [1.165, 1.54) is 35.2 Å². The highest BCUT2D eigenvalue weighted by molar-refractivity contribution is 5.80. The average molecular weight is 354 g/mol. The Morgan fingerprint density at radius 3 is 2.50 bits per heavy atom. The van der Waals surface area contributed by atoms with Gasteiger partial charge in [-0.15, -0.1) is 0 Å². The van der Waals surface area contributed by atoms with Crippen LogP contribution in [0.15, 0.2) is 29.3 Å². The van der Waals surface area contributed by atoms with Crippen molar-refractivity contribution < 1.29 is 0 Å². The Morgan fingerprint density at radius 1 is 1.19 bits per heavy atom. The number of benzene rings is 1. The lowest BCUT2D eigenvalue weighted by molar-refractivity contribution is 0.642. The lowest BCUT2D eigenvalue weighted by Crippen LogP contribution is -2.41. The van der Waals surface area contributed by atoms with Crippen molar-refractivity contribution in [3.63, 3.8) is 0 Å². The highest BCUT2D eigenvalue weighted by Gasteiger charge is 2.44. The minimum absolute atomic E-state index is 0.266. The van der Waals surface area contributed by atoms with Gasteiger partial charge in [-0.2, -0.15) is 5.10 Å². The molecule has 1 saturated carbocycles. The Morgan fingerprint density at radius 2 is 1.92 bits per heavy atom. The smallest absolute Gasteiger partial charge is 0.191 e. The summed E-state index contributed by atoms with van der Waals surface area (Å²) in [5.74, 6) is 0.884. The van der Waals surface area contributed by atoms with Crippen LogP contribution in [0, 0.1) is 20.8 Å². The van der Waals surface area contributed by atoms with Crippen molar-refractivity contribution in [1.29, 1.82) is 0 Å². The maximum absolute atomic E-state index is 4.81. The molecule has 0 saturated heterocycles. The molecule has 26 heavy (non-hydrogen) atoms. The van der Waals surface area contributed by atoms with E-state index in [1.807, 2.05) is 11.7 Å². The second kappa shape index (κ2) is 7.52. The molecule has 0 spiro atoms. The van der Waals surface area contributed by atoms with Crippen LogP contribution >= 0.6 is 0 Å². The molecule has 1 aromatic carbocycles. The molecule has 1 aliphatic carbocycles. The van der Waals surface area contributed by atoms with Crippen LogP contribution in [0.4, 0.5) is 0 Å². The molecule has 0 unspecified atom stereocenters. The van der Waals surface area contributed by atoms with Crippen molar-refractivity contribution >= 4 is 5.96 Å². The van der Waals surface area contributed by atoms with Gasteiger partial charge in [-0.3, -0.25) is 4.68 Å². The first kappa shape index (κ1) is 18.5. The molecule has 0 radical (unpaired) electrons. The van der Waals surface area contributed by atoms with Crippen LogP contribution < -0.4 is 10.6 Å². The quantitative estimate of drug-likeness (QED) is 0.620. The molecule has 1 aliphatic rings. The summed E-state index contributed by atoms with van der Waals surface area (Å²) in [5.41, 5.74) is 6.58. The zero-order chi connectivity index (χ0) is 18.7. The van der Waals surface area contributed by atoms with Crippen molar-refractivity contribution in [2.45, 2.75) is 52.5 Å². The Labute approximate surface area is 156 Å². The van der Waals surface area contributed by atoms with Gasteiger partial charge in [0.1, 0.15) is 0 Å². The van der Waals surface area contributed by atoms with Crippen molar-refractivity contribution in [2.75, 3.05) is 13.1 Å². The van der Waals surface area contributed by atoms with Gasteiger partial charge in [-0.25, -0.2) is 4.99 Å². The van der Waals surface area contributed by atoms with Crippen LogP contribution in [-0.2, 0) is 19.0 Å². The molecule has 1 heterocycles. The highest BCUT2D eigenvalue weighted by atomic mass is 15.3. The summed E-state index contributed by atoms with van der Waals surface area (Å²) in [6.45, 7) is 10.9. The van der Waals surface area contributed by atoms with Gasteiger partial charge < -0.3 is 10.6 Å². The van der Waals surface area contributed by atoms with Crippen LogP contribution in [0.2, 0.25) is 0 Å². The lowest BCUT2D eigenvalue weighted by atomic mass is 9.92. The van der Waals surface area contributed by atoms with E-state index in [1.54, 1.807) is 0 Å². The number of nitrogens with zero attached hydrogens (tertiary/aromatic N) is 3. The number of rotatable bonds is 6. The topological polar surface area (TPSA) is 54.2 Å². The normalized spacial score (nSPS) is 15.8. The molecule has 1 aromatic heterocycles. The molecule has 2 N–H and O–H groups in total. The maximum atomic E-state index is 4.81. The number of guanidine groups is 1. The van der Waals surface area contributed by atoms with E-state index in [2.05, 4.69) is 67.7 Å². The predicted octanol–water partition coefficient (Wildman–Crippen LogP) is 3.13. The second-order valence-corrected chi connectivity index (χ2v) is 7.42. The van der Waals surface area contributed by atoms with E-state index in [0.29, 0.717) is 6.54 Å². The second-order valence-electron chi connectivity index (χ2n) is 7.42. The van der Waals surface area contributed by atoms with Gasteiger partial charge in [0.25, 0.3) is 0 Å². The zero-order valence-electron chi connectivity index (χ0n) is 16.7. The van der Waals surface area contributed by atoms with E-state index >= 15 is 0 Å².